The summed E-state index contributed by atoms with van der Waals surface area (Å²) in [5.74, 6) is -1.02. The predicted octanol–water partition coefficient (Wildman–Crippen LogP) is 1.72. The molecule has 6 heteroatoms. The van der Waals surface area contributed by atoms with E-state index in [1.54, 1.807) is 18.3 Å². The highest BCUT2D eigenvalue weighted by molar-refractivity contribution is 7.11. The number of aliphatic carboxylic acids is 1. The van der Waals surface area contributed by atoms with Crippen LogP contribution in [0.2, 0.25) is 0 Å². The lowest BCUT2D eigenvalue weighted by Crippen LogP contribution is -2.45. The fourth-order valence-corrected chi connectivity index (χ4v) is 2.13. The number of hydrogen-bond acceptors (Lipinski definition) is 3. The van der Waals surface area contributed by atoms with Crippen LogP contribution in [0.4, 0.5) is 4.79 Å². The summed E-state index contributed by atoms with van der Waals surface area (Å²) in [6, 6.07) is 2.63. The van der Waals surface area contributed by atoms with Gasteiger partial charge < -0.3 is 15.7 Å². The van der Waals surface area contributed by atoms with Gasteiger partial charge in [0.2, 0.25) is 0 Å². The maximum atomic E-state index is 11.4. The molecule has 2 amide bonds. The van der Waals surface area contributed by atoms with Crippen molar-refractivity contribution in [3.63, 3.8) is 0 Å². The number of carbonyl (C=O) groups excluding carboxylic acids is 1. The van der Waals surface area contributed by atoms with Crippen molar-refractivity contribution in [1.29, 1.82) is 0 Å². The molecule has 1 aromatic heterocycles. The first-order valence-corrected chi connectivity index (χ1v) is 6.17. The summed E-state index contributed by atoms with van der Waals surface area (Å²) >= 11 is 1.60. The molecular formula is C11H16N2O3S. The van der Waals surface area contributed by atoms with E-state index in [0.29, 0.717) is 13.0 Å². The average molecular weight is 256 g/mol. The predicted molar refractivity (Wildman–Crippen MR) is 66.1 cm³/mol. The van der Waals surface area contributed by atoms with Crippen molar-refractivity contribution in [3.8, 4) is 0 Å². The Bertz CT molecular complexity index is 403. The molecule has 0 aliphatic rings. The van der Waals surface area contributed by atoms with Crippen LogP contribution in [0.5, 0.6) is 0 Å². The van der Waals surface area contributed by atoms with E-state index >= 15 is 0 Å². The third kappa shape index (κ3) is 4.44. The number of urea groups is 1. The van der Waals surface area contributed by atoms with Crippen molar-refractivity contribution in [3.05, 3.63) is 21.9 Å². The van der Waals surface area contributed by atoms with E-state index in [1.807, 2.05) is 19.1 Å². The number of carboxylic acids is 1. The van der Waals surface area contributed by atoms with E-state index in [1.165, 1.54) is 4.88 Å². The van der Waals surface area contributed by atoms with Gasteiger partial charge in [0.05, 0.1) is 6.54 Å². The van der Waals surface area contributed by atoms with E-state index in [0.717, 1.165) is 4.88 Å². The molecule has 0 saturated heterocycles. The maximum Gasteiger partial charge on any atom is 0.326 e. The smallest absolute Gasteiger partial charge is 0.326 e. The van der Waals surface area contributed by atoms with Gasteiger partial charge in [-0.3, -0.25) is 0 Å². The summed E-state index contributed by atoms with van der Waals surface area (Å²) in [4.78, 5) is 24.3. The van der Waals surface area contributed by atoms with E-state index < -0.39 is 18.0 Å². The first-order chi connectivity index (χ1) is 8.02. The number of carbonyl (C=O) groups is 2. The van der Waals surface area contributed by atoms with Gasteiger partial charge in [-0.15, -0.1) is 11.3 Å². The molecule has 0 bridgehead atoms. The van der Waals surface area contributed by atoms with Crippen molar-refractivity contribution in [2.75, 3.05) is 0 Å². The summed E-state index contributed by atoms with van der Waals surface area (Å²) < 4.78 is 0. The van der Waals surface area contributed by atoms with Gasteiger partial charge in [0.25, 0.3) is 0 Å². The Morgan fingerprint density at radius 3 is 2.65 bits per heavy atom. The van der Waals surface area contributed by atoms with Crippen LogP contribution in [0.25, 0.3) is 0 Å². The molecule has 5 nitrogen and oxygen atoms in total. The number of rotatable bonds is 5. The Morgan fingerprint density at radius 2 is 2.18 bits per heavy atom. The first-order valence-electron chi connectivity index (χ1n) is 5.35. The fraction of sp³-hybridized carbons (Fsp3) is 0.455. The molecule has 0 aromatic carbocycles. The molecule has 1 rings (SSSR count). The molecule has 0 unspecified atom stereocenters. The molecule has 0 aliphatic heterocycles. The number of thiophene rings is 1. The average Bonchev–Trinajstić information content (AvgIpc) is 2.68. The molecule has 0 fully saturated rings. The Labute approximate surface area is 104 Å². The van der Waals surface area contributed by atoms with Crippen LogP contribution in [0.15, 0.2) is 12.1 Å². The molecule has 94 valence electrons. The summed E-state index contributed by atoms with van der Waals surface area (Å²) in [7, 11) is 0. The van der Waals surface area contributed by atoms with Gasteiger partial charge in [-0.05, 0) is 25.5 Å². The number of hydrogen-bond donors (Lipinski definition) is 3. The molecular weight excluding hydrogens is 240 g/mol. The second-order valence-electron chi connectivity index (χ2n) is 3.64. The molecule has 3 N–H and O–H groups in total. The first kappa shape index (κ1) is 13.5. The summed E-state index contributed by atoms with van der Waals surface area (Å²) in [5, 5.41) is 13.8. The van der Waals surface area contributed by atoms with Gasteiger partial charge in [-0.2, -0.15) is 0 Å². The van der Waals surface area contributed by atoms with Crippen LogP contribution >= 0.6 is 11.3 Å². The lowest BCUT2D eigenvalue weighted by Gasteiger charge is -2.12. The zero-order chi connectivity index (χ0) is 12.8. The van der Waals surface area contributed by atoms with E-state index in [4.69, 9.17) is 5.11 Å². The van der Waals surface area contributed by atoms with Crippen LogP contribution in [-0.2, 0) is 11.3 Å². The van der Waals surface area contributed by atoms with Gasteiger partial charge in [-0.1, -0.05) is 6.92 Å². The van der Waals surface area contributed by atoms with Crippen LogP contribution in [0, 0.1) is 6.92 Å². The third-order valence-corrected chi connectivity index (χ3v) is 3.23. The highest BCUT2D eigenvalue weighted by Gasteiger charge is 2.16. The van der Waals surface area contributed by atoms with E-state index in [2.05, 4.69) is 10.6 Å². The second kappa shape index (κ2) is 6.24. The van der Waals surface area contributed by atoms with Crippen LogP contribution in [0.3, 0.4) is 0 Å². The molecule has 17 heavy (non-hydrogen) atoms. The Kier molecular flexibility index (Phi) is 4.96. The Balaban J connectivity index is 2.37. The van der Waals surface area contributed by atoms with Gasteiger partial charge in [0, 0.05) is 9.75 Å². The molecule has 0 spiro atoms. The zero-order valence-electron chi connectivity index (χ0n) is 9.82. The van der Waals surface area contributed by atoms with Crippen molar-refractivity contribution < 1.29 is 14.7 Å². The number of amides is 2. The number of aryl methyl sites for hydroxylation is 1. The van der Waals surface area contributed by atoms with Gasteiger partial charge in [0.15, 0.2) is 0 Å². The number of carboxylic acid groups (broad SMARTS) is 1. The summed E-state index contributed by atoms with van der Waals surface area (Å²) in [6.45, 7) is 4.12. The topological polar surface area (TPSA) is 78.4 Å². The van der Waals surface area contributed by atoms with Crippen LogP contribution in [-0.4, -0.2) is 23.1 Å². The van der Waals surface area contributed by atoms with Crippen molar-refractivity contribution in [2.24, 2.45) is 0 Å². The quantitative estimate of drug-likeness (QED) is 0.750. The second-order valence-corrected chi connectivity index (χ2v) is 5.01. The lowest BCUT2D eigenvalue weighted by atomic mass is 10.2. The van der Waals surface area contributed by atoms with Crippen LogP contribution < -0.4 is 10.6 Å². The molecule has 1 heterocycles. The molecule has 1 aromatic rings. The van der Waals surface area contributed by atoms with E-state index in [9.17, 15) is 9.59 Å². The molecule has 0 aliphatic carbocycles. The van der Waals surface area contributed by atoms with Crippen LogP contribution in [0.1, 0.15) is 23.1 Å². The van der Waals surface area contributed by atoms with Gasteiger partial charge in [-0.25, -0.2) is 9.59 Å². The minimum Gasteiger partial charge on any atom is -0.480 e. The van der Waals surface area contributed by atoms with Gasteiger partial charge in [0.1, 0.15) is 6.04 Å². The Hall–Kier alpha value is -1.56. The molecule has 0 saturated carbocycles. The van der Waals surface area contributed by atoms with Crippen molar-refractivity contribution in [1.82, 2.24) is 10.6 Å². The highest BCUT2D eigenvalue weighted by Crippen LogP contribution is 2.14. The summed E-state index contributed by atoms with van der Waals surface area (Å²) in [5.41, 5.74) is 0. The third-order valence-electron chi connectivity index (χ3n) is 2.23. The zero-order valence-corrected chi connectivity index (χ0v) is 10.6. The van der Waals surface area contributed by atoms with Gasteiger partial charge >= 0.3 is 12.0 Å². The lowest BCUT2D eigenvalue weighted by molar-refractivity contribution is -0.139. The summed E-state index contributed by atoms with van der Waals surface area (Å²) in [6.07, 6.45) is 0.362. The van der Waals surface area contributed by atoms with E-state index in [-0.39, 0.29) is 0 Å². The SMILES string of the molecule is CC[C@@H](NC(=O)NCc1ccc(C)s1)C(=O)O. The molecule has 1 atom stereocenters. The fourth-order valence-electron chi connectivity index (χ4n) is 1.30. The molecule has 0 radical (unpaired) electrons. The minimum absolute atomic E-state index is 0.362. The largest absolute Gasteiger partial charge is 0.480 e. The minimum atomic E-state index is -1.02. The van der Waals surface area contributed by atoms with Crippen molar-refractivity contribution in [2.45, 2.75) is 32.9 Å². The normalized spacial score (nSPS) is 11.9. The van der Waals surface area contributed by atoms with Crippen molar-refractivity contribution >= 4 is 23.3 Å². The standard InChI is InChI=1S/C11H16N2O3S/c1-3-9(10(14)15)13-11(16)12-6-8-5-4-7(2)17-8/h4-5,9H,3,6H2,1-2H3,(H,14,15)(H2,12,13,16)/t9-/m1/s1. The Morgan fingerprint density at radius 1 is 1.47 bits per heavy atom. The monoisotopic (exact) mass is 256 g/mol. The highest BCUT2D eigenvalue weighted by atomic mass is 32.1. The number of nitrogens with one attached hydrogen (secondary N) is 2. The maximum absolute atomic E-state index is 11.4.